The van der Waals surface area contributed by atoms with Crippen LogP contribution < -0.4 is 10.9 Å². The Kier molecular flexibility index (Phi) is 5.41. The van der Waals surface area contributed by atoms with Gasteiger partial charge in [0.15, 0.2) is 0 Å². The summed E-state index contributed by atoms with van der Waals surface area (Å²) in [5.41, 5.74) is 2.07. The number of nitrogens with one attached hydrogen (secondary N) is 1. The molecule has 0 aliphatic carbocycles. The number of halogens is 2. The first-order chi connectivity index (χ1) is 13.9. The number of hydrogen-bond donors (Lipinski definition) is 1. The fourth-order valence-electron chi connectivity index (χ4n) is 3.10. The van der Waals surface area contributed by atoms with Gasteiger partial charge in [-0.3, -0.25) is 14.2 Å². The Morgan fingerprint density at radius 1 is 1.07 bits per heavy atom. The van der Waals surface area contributed by atoms with E-state index < -0.39 is 0 Å². The topological polar surface area (TPSA) is 64.0 Å². The number of nitrogens with zero attached hydrogens (tertiary/aromatic N) is 2. The fraction of sp³-hybridized carbons (Fsp3) is 0.0952. The van der Waals surface area contributed by atoms with Crippen molar-refractivity contribution in [2.75, 3.05) is 5.32 Å². The second kappa shape index (κ2) is 7.99. The van der Waals surface area contributed by atoms with Gasteiger partial charge in [-0.15, -0.1) is 11.3 Å². The number of benzene rings is 2. The molecule has 0 fully saturated rings. The number of anilines is 1. The Hall–Kier alpha value is -2.67. The third-order valence-electron chi connectivity index (χ3n) is 4.43. The average molecular weight is 444 g/mol. The second-order valence-corrected chi connectivity index (χ2v) is 8.53. The monoisotopic (exact) mass is 443 g/mol. The van der Waals surface area contributed by atoms with Gasteiger partial charge in [-0.1, -0.05) is 35.3 Å². The van der Waals surface area contributed by atoms with Gasteiger partial charge in [0.25, 0.3) is 5.56 Å². The average Bonchev–Trinajstić information content (AvgIpc) is 3.03. The Morgan fingerprint density at radius 2 is 1.69 bits per heavy atom. The molecule has 0 radical (unpaired) electrons. The molecule has 0 saturated carbocycles. The number of aryl methyl sites for hydroxylation is 1. The maximum atomic E-state index is 13.1. The molecule has 0 bridgehead atoms. The molecule has 29 heavy (non-hydrogen) atoms. The van der Waals surface area contributed by atoms with Crippen LogP contribution in [0.5, 0.6) is 0 Å². The highest BCUT2D eigenvalue weighted by molar-refractivity contribution is 7.19. The van der Waals surface area contributed by atoms with Crippen LogP contribution in [0.3, 0.4) is 0 Å². The molecular formula is C21H15Cl2N3O2S. The van der Waals surface area contributed by atoms with Gasteiger partial charge in [0, 0.05) is 26.2 Å². The molecule has 1 amide bonds. The largest absolute Gasteiger partial charge is 0.325 e. The van der Waals surface area contributed by atoms with Crippen molar-refractivity contribution in [2.24, 2.45) is 0 Å². The number of rotatable bonds is 4. The minimum atomic E-state index is -0.324. The molecule has 1 N–H and O–H groups in total. The van der Waals surface area contributed by atoms with E-state index in [2.05, 4.69) is 10.3 Å². The third kappa shape index (κ3) is 4.05. The third-order valence-corrected chi connectivity index (χ3v) is 5.95. The van der Waals surface area contributed by atoms with Crippen molar-refractivity contribution in [3.63, 3.8) is 0 Å². The van der Waals surface area contributed by atoms with Gasteiger partial charge in [0.05, 0.1) is 11.7 Å². The molecule has 5 nitrogen and oxygen atoms in total. The van der Waals surface area contributed by atoms with Crippen LogP contribution in [0, 0.1) is 6.92 Å². The Labute approximate surface area is 180 Å². The smallest absolute Gasteiger partial charge is 0.263 e. The zero-order valence-electron chi connectivity index (χ0n) is 15.3. The van der Waals surface area contributed by atoms with Gasteiger partial charge in [0.2, 0.25) is 5.91 Å². The van der Waals surface area contributed by atoms with Crippen LogP contribution in [-0.4, -0.2) is 15.5 Å². The molecule has 2 heterocycles. The van der Waals surface area contributed by atoms with Crippen molar-refractivity contribution in [3.05, 3.63) is 80.1 Å². The van der Waals surface area contributed by atoms with Crippen molar-refractivity contribution >= 4 is 56.3 Å². The minimum Gasteiger partial charge on any atom is -0.325 e. The molecule has 0 spiro atoms. The van der Waals surface area contributed by atoms with E-state index in [4.69, 9.17) is 23.2 Å². The molecule has 0 aliphatic rings. The Morgan fingerprint density at radius 3 is 2.34 bits per heavy atom. The number of hydrogen-bond acceptors (Lipinski definition) is 4. The minimum absolute atomic E-state index is 0.140. The van der Waals surface area contributed by atoms with Crippen LogP contribution in [0.2, 0.25) is 10.0 Å². The van der Waals surface area contributed by atoms with Crippen LogP contribution >= 0.6 is 34.5 Å². The number of carbonyl (C=O) groups is 1. The van der Waals surface area contributed by atoms with Crippen LogP contribution in [0.1, 0.15) is 4.88 Å². The first kappa shape index (κ1) is 19.6. The summed E-state index contributed by atoms with van der Waals surface area (Å²) >= 11 is 13.3. The highest BCUT2D eigenvalue weighted by Gasteiger charge is 2.18. The summed E-state index contributed by atoms with van der Waals surface area (Å²) in [7, 11) is 0. The van der Waals surface area contributed by atoms with E-state index in [0.29, 0.717) is 25.9 Å². The van der Waals surface area contributed by atoms with E-state index in [1.165, 1.54) is 22.2 Å². The molecule has 2 aromatic carbocycles. The van der Waals surface area contributed by atoms with Gasteiger partial charge in [0.1, 0.15) is 11.4 Å². The molecule has 4 rings (SSSR count). The van der Waals surface area contributed by atoms with Crippen LogP contribution in [0.25, 0.3) is 21.3 Å². The highest BCUT2D eigenvalue weighted by Crippen LogP contribution is 2.35. The van der Waals surface area contributed by atoms with E-state index in [0.717, 1.165) is 16.0 Å². The first-order valence-corrected chi connectivity index (χ1v) is 10.3. The first-order valence-electron chi connectivity index (χ1n) is 8.72. The molecule has 4 aromatic rings. The zero-order chi connectivity index (χ0) is 20.5. The normalized spacial score (nSPS) is 11.0. The van der Waals surface area contributed by atoms with Crippen molar-refractivity contribution < 1.29 is 4.79 Å². The summed E-state index contributed by atoms with van der Waals surface area (Å²) in [5.74, 6) is -0.324. The summed E-state index contributed by atoms with van der Waals surface area (Å²) in [5, 5.41) is 4.47. The molecule has 0 saturated heterocycles. The number of aromatic nitrogens is 2. The van der Waals surface area contributed by atoms with Gasteiger partial charge < -0.3 is 5.32 Å². The lowest BCUT2D eigenvalue weighted by atomic mass is 10.0. The Balaban J connectivity index is 1.69. The SMILES string of the molecule is Cc1sc2ncn(CC(=O)Nc3ccc(Cl)cc3)c(=O)c2c1-c1ccc(Cl)cc1. The van der Waals surface area contributed by atoms with Gasteiger partial charge in [-0.25, -0.2) is 4.98 Å². The van der Waals surface area contributed by atoms with Crippen molar-refractivity contribution in [3.8, 4) is 11.1 Å². The Bertz CT molecular complexity index is 1260. The van der Waals surface area contributed by atoms with E-state index in [1.54, 1.807) is 36.4 Å². The second-order valence-electron chi connectivity index (χ2n) is 6.45. The highest BCUT2D eigenvalue weighted by atomic mass is 35.5. The molecule has 0 aliphatic heterocycles. The zero-order valence-corrected chi connectivity index (χ0v) is 17.6. The van der Waals surface area contributed by atoms with E-state index in [9.17, 15) is 9.59 Å². The number of thiophene rings is 1. The lowest BCUT2D eigenvalue weighted by Crippen LogP contribution is -2.27. The van der Waals surface area contributed by atoms with Gasteiger partial charge in [-0.2, -0.15) is 0 Å². The maximum absolute atomic E-state index is 13.1. The van der Waals surface area contributed by atoms with Crippen LogP contribution in [0.4, 0.5) is 5.69 Å². The summed E-state index contributed by atoms with van der Waals surface area (Å²) in [6.45, 7) is 1.81. The van der Waals surface area contributed by atoms with E-state index in [1.807, 2.05) is 19.1 Å². The molecule has 0 atom stereocenters. The predicted octanol–water partition coefficient (Wildman–Crippen LogP) is 5.38. The molecule has 146 valence electrons. The molecular weight excluding hydrogens is 429 g/mol. The van der Waals surface area contributed by atoms with Gasteiger partial charge in [-0.05, 0) is 48.9 Å². The summed E-state index contributed by atoms with van der Waals surface area (Å²) in [4.78, 5) is 31.6. The van der Waals surface area contributed by atoms with Crippen molar-refractivity contribution in [1.82, 2.24) is 9.55 Å². The summed E-state index contributed by atoms with van der Waals surface area (Å²) in [6.07, 6.45) is 1.41. The number of amides is 1. The lowest BCUT2D eigenvalue weighted by Gasteiger charge is -2.08. The van der Waals surface area contributed by atoms with Crippen molar-refractivity contribution in [1.29, 1.82) is 0 Å². The fourth-order valence-corrected chi connectivity index (χ4v) is 4.36. The van der Waals surface area contributed by atoms with E-state index in [-0.39, 0.29) is 18.0 Å². The predicted molar refractivity (Wildman–Crippen MR) is 119 cm³/mol. The maximum Gasteiger partial charge on any atom is 0.263 e. The summed E-state index contributed by atoms with van der Waals surface area (Å²) < 4.78 is 1.32. The molecule has 0 unspecified atom stereocenters. The summed E-state index contributed by atoms with van der Waals surface area (Å²) in [6, 6.07) is 14.1. The quantitative estimate of drug-likeness (QED) is 0.460. The molecule has 8 heteroatoms. The molecule has 2 aromatic heterocycles. The lowest BCUT2D eigenvalue weighted by molar-refractivity contribution is -0.116. The van der Waals surface area contributed by atoms with Crippen LogP contribution in [-0.2, 0) is 11.3 Å². The van der Waals surface area contributed by atoms with E-state index >= 15 is 0 Å². The number of fused-ring (bicyclic) bond motifs is 1. The van der Waals surface area contributed by atoms with Crippen LogP contribution in [0.15, 0.2) is 59.7 Å². The van der Waals surface area contributed by atoms with Gasteiger partial charge >= 0.3 is 0 Å². The number of carbonyl (C=O) groups excluding carboxylic acids is 1. The van der Waals surface area contributed by atoms with Crippen molar-refractivity contribution in [2.45, 2.75) is 13.5 Å². The standard InChI is InChI=1S/C21H15Cl2N3O2S/c1-12-18(13-2-4-14(22)5-3-13)19-20(29-12)24-11-26(21(19)28)10-17(27)25-16-8-6-15(23)7-9-16/h2-9,11H,10H2,1H3,(H,25,27).